The molecule has 0 aliphatic rings. The summed E-state index contributed by atoms with van der Waals surface area (Å²) in [6.07, 6.45) is 0. The SMILES string of the molecule is NC(=O)c1cccc([N+](=O)[O-])c1C(=O)O.Nc1cccc([N+](=O)[O-])c1C(=O)O. The molecule has 2 aromatic carbocycles. The number of nitrogen functional groups attached to an aromatic ring is 1. The van der Waals surface area contributed by atoms with Crippen molar-refractivity contribution in [1.29, 1.82) is 0 Å². The van der Waals surface area contributed by atoms with Gasteiger partial charge in [0.1, 0.15) is 5.56 Å². The molecule has 0 saturated heterocycles. The highest BCUT2D eigenvalue weighted by atomic mass is 16.6. The number of rotatable bonds is 5. The molecule has 0 unspecified atom stereocenters. The van der Waals surface area contributed by atoms with Crippen LogP contribution in [-0.4, -0.2) is 37.9 Å². The summed E-state index contributed by atoms with van der Waals surface area (Å²) in [5.74, 6) is -3.97. The number of amides is 1. The minimum atomic E-state index is -1.56. The fourth-order valence-electron chi connectivity index (χ4n) is 2.07. The fraction of sp³-hybridized carbons (Fsp3) is 0. The van der Waals surface area contributed by atoms with E-state index in [1.165, 1.54) is 18.2 Å². The monoisotopic (exact) mass is 392 g/mol. The second kappa shape index (κ2) is 8.70. The zero-order chi connectivity index (χ0) is 21.6. The normalized spacial score (nSPS) is 9.57. The minimum absolute atomic E-state index is 0.110. The van der Waals surface area contributed by atoms with E-state index in [4.69, 9.17) is 21.7 Å². The molecule has 2 aromatic rings. The van der Waals surface area contributed by atoms with E-state index in [-0.39, 0.29) is 11.3 Å². The van der Waals surface area contributed by atoms with E-state index in [0.717, 1.165) is 18.2 Å². The molecular formula is C15H12N4O9. The number of nitrogens with zero attached hydrogens (tertiary/aromatic N) is 2. The summed E-state index contributed by atoms with van der Waals surface area (Å²) < 4.78 is 0. The van der Waals surface area contributed by atoms with Gasteiger partial charge in [-0.15, -0.1) is 0 Å². The van der Waals surface area contributed by atoms with Gasteiger partial charge in [0.2, 0.25) is 5.91 Å². The van der Waals surface area contributed by atoms with Gasteiger partial charge in [0.15, 0.2) is 5.56 Å². The molecule has 1 amide bonds. The van der Waals surface area contributed by atoms with E-state index in [2.05, 4.69) is 0 Å². The number of carbonyl (C=O) groups is 3. The van der Waals surface area contributed by atoms with Gasteiger partial charge in [-0.05, 0) is 12.1 Å². The highest BCUT2D eigenvalue weighted by molar-refractivity contribution is 6.06. The highest BCUT2D eigenvalue weighted by Crippen LogP contribution is 2.23. The van der Waals surface area contributed by atoms with Gasteiger partial charge in [-0.2, -0.15) is 0 Å². The number of anilines is 1. The Hall–Kier alpha value is -4.55. The van der Waals surface area contributed by atoms with Gasteiger partial charge in [-0.3, -0.25) is 25.0 Å². The third-order valence-corrected chi connectivity index (χ3v) is 3.20. The van der Waals surface area contributed by atoms with Crippen LogP contribution in [0.1, 0.15) is 31.1 Å². The summed E-state index contributed by atoms with van der Waals surface area (Å²) in [5.41, 5.74) is 7.39. The van der Waals surface area contributed by atoms with Gasteiger partial charge < -0.3 is 21.7 Å². The molecule has 0 aliphatic heterocycles. The van der Waals surface area contributed by atoms with Crippen LogP contribution in [0.25, 0.3) is 0 Å². The molecule has 2 rings (SSSR count). The smallest absolute Gasteiger partial charge is 0.344 e. The Morgan fingerprint density at radius 1 is 0.821 bits per heavy atom. The number of primary amides is 1. The van der Waals surface area contributed by atoms with Crippen molar-refractivity contribution < 1.29 is 34.4 Å². The van der Waals surface area contributed by atoms with Crippen molar-refractivity contribution in [1.82, 2.24) is 0 Å². The van der Waals surface area contributed by atoms with Crippen LogP contribution in [0.5, 0.6) is 0 Å². The van der Waals surface area contributed by atoms with Crippen molar-refractivity contribution in [2.24, 2.45) is 5.73 Å². The molecule has 0 bridgehead atoms. The first-order valence-electron chi connectivity index (χ1n) is 7.05. The Labute approximate surface area is 155 Å². The molecule has 0 atom stereocenters. The van der Waals surface area contributed by atoms with E-state index >= 15 is 0 Å². The Morgan fingerprint density at radius 3 is 1.61 bits per heavy atom. The number of nitro benzene ring substituents is 2. The predicted octanol–water partition coefficient (Wildman–Crippen LogP) is 1.27. The summed E-state index contributed by atoms with van der Waals surface area (Å²) in [6.45, 7) is 0. The molecule has 0 saturated carbocycles. The zero-order valence-corrected chi connectivity index (χ0v) is 13.8. The van der Waals surface area contributed by atoms with E-state index in [9.17, 15) is 34.6 Å². The van der Waals surface area contributed by atoms with Crippen molar-refractivity contribution in [3.63, 3.8) is 0 Å². The van der Waals surface area contributed by atoms with Gasteiger partial charge >= 0.3 is 11.9 Å². The molecule has 146 valence electrons. The molecule has 13 nitrogen and oxygen atoms in total. The second-order valence-electron chi connectivity index (χ2n) is 4.93. The fourth-order valence-corrected chi connectivity index (χ4v) is 2.07. The van der Waals surface area contributed by atoms with E-state index in [1.807, 2.05) is 0 Å². The Morgan fingerprint density at radius 2 is 1.25 bits per heavy atom. The van der Waals surface area contributed by atoms with Crippen molar-refractivity contribution in [3.8, 4) is 0 Å². The van der Waals surface area contributed by atoms with Crippen LogP contribution in [0.3, 0.4) is 0 Å². The number of nitro groups is 2. The van der Waals surface area contributed by atoms with Crippen molar-refractivity contribution in [3.05, 3.63) is 73.3 Å². The first-order valence-corrected chi connectivity index (χ1v) is 7.05. The Bertz CT molecular complexity index is 955. The van der Waals surface area contributed by atoms with Crippen molar-refractivity contribution >= 4 is 34.9 Å². The molecular weight excluding hydrogens is 380 g/mol. The molecule has 0 aromatic heterocycles. The number of hydrogen-bond acceptors (Lipinski definition) is 8. The van der Waals surface area contributed by atoms with Gasteiger partial charge in [-0.25, -0.2) is 9.59 Å². The van der Waals surface area contributed by atoms with Gasteiger partial charge in [0.25, 0.3) is 11.4 Å². The lowest BCUT2D eigenvalue weighted by Gasteiger charge is -2.02. The van der Waals surface area contributed by atoms with Crippen LogP contribution >= 0.6 is 0 Å². The van der Waals surface area contributed by atoms with Gasteiger partial charge in [0.05, 0.1) is 21.1 Å². The third-order valence-electron chi connectivity index (χ3n) is 3.20. The summed E-state index contributed by atoms with van der Waals surface area (Å²) in [7, 11) is 0. The number of carboxylic acids is 2. The van der Waals surface area contributed by atoms with E-state index < -0.39 is 50.2 Å². The molecule has 0 heterocycles. The van der Waals surface area contributed by atoms with Gasteiger partial charge in [-0.1, -0.05) is 12.1 Å². The largest absolute Gasteiger partial charge is 0.477 e. The summed E-state index contributed by atoms with van der Waals surface area (Å²) in [4.78, 5) is 51.3. The zero-order valence-electron chi connectivity index (χ0n) is 13.8. The lowest BCUT2D eigenvalue weighted by Crippen LogP contribution is -2.17. The lowest BCUT2D eigenvalue weighted by atomic mass is 10.1. The Balaban J connectivity index is 0.000000283. The number of carboxylic acid groups (broad SMARTS) is 2. The maximum absolute atomic E-state index is 10.8. The third kappa shape index (κ3) is 4.75. The van der Waals surface area contributed by atoms with Crippen molar-refractivity contribution in [2.75, 3.05) is 5.73 Å². The maximum atomic E-state index is 10.8. The molecule has 13 heteroatoms. The highest BCUT2D eigenvalue weighted by Gasteiger charge is 2.25. The molecule has 0 fully saturated rings. The molecule has 0 aliphatic carbocycles. The minimum Gasteiger partial charge on any atom is -0.477 e. The number of benzene rings is 2. The van der Waals surface area contributed by atoms with Crippen LogP contribution < -0.4 is 11.5 Å². The maximum Gasteiger partial charge on any atom is 0.344 e. The lowest BCUT2D eigenvalue weighted by molar-refractivity contribution is -0.385. The first kappa shape index (κ1) is 21.5. The van der Waals surface area contributed by atoms with Gasteiger partial charge in [0, 0.05) is 12.1 Å². The van der Waals surface area contributed by atoms with Crippen LogP contribution in [0, 0.1) is 20.2 Å². The standard InChI is InChI=1S/C8H6N2O5.C7H6N2O4/c9-7(11)4-2-1-3-5(10(14)15)6(4)8(12)13;8-4-2-1-3-5(9(12)13)6(4)7(10)11/h1-3H,(H2,9,11)(H,12,13);1-3H,8H2,(H,10,11). The molecule has 0 spiro atoms. The Kier molecular flexibility index (Phi) is 6.68. The summed E-state index contributed by atoms with van der Waals surface area (Å²) >= 11 is 0. The average Bonchev–Trinajstić information content (AvgIpc) is 2.60. The quantitative estimate of drug-likeness (QED) is 0.323. The van der Waals surface area contributed by atoms with E-state index in [0.29, 0.717) is 0 Å². The number of nitrogens with two attached hydrogens (primary N) is 2. The predicted molar refractivity (Wildman–Crippen MR) is 93.0 cm³/mol. The van der Waals surface area contributed by atoms with Crippen LogP contribution in [0.4, 0.5) is 17.1 Å². The average molecular weight is 392 g/mol. The second-order valence-corrected chi connectivity index (χ2v) is 4.93. The summed E-state index contributed by atoms with van der Waals surface area (Å²) in [5, 5.41) is 38.2. The van der Waals surface area contributed by atoms with Crippen LogP contribution in [-0.2, 0) is 0 Å². The molecule has 6 N–H and O–H groups in total. The topological polar surface area (TPSA) is 230 Å². The summed E-state index contributed by atoms with van der Waals surface area (Å²) in [6, 6.07) is 7.05. The van der Waals surface area contributed by atoms with Crippen molar-refractivity contribution in [2.45, 2.75) is 0 Å². The molecule has 28 heavy (non-hydrogen) atoms. The van der Waals surface area contributed by atoms with Crippen LogP contribution in [0.2, 0.25) is 0 Å². The van der Waals surface area contributed by atoms with Crippen LogP contribution in [0.15, 0.2) is 36.4 Å². The van der Waals surface area contributed by atoms with E-state index in [1.54, 1.807) is 0 Å². The number of carbonyl (C=O) groups excluding carboxylic acids is 1. The number of hydrogen-bond donors (Lipinski definition) is 4. The first-order chi connectivity index (χ1) is 13.0. The molecule has 0 radical (unpaired) electrons. The number of aromatic carboxylic acids is 2.